The number of rotatable bonds is 4. The minimum atomic E-state index is -3.62. The third kappa shape index (κ3) is 3.53. The van der Waals surface area contributed by atoms with Crippen molar-refractivity contribution in [3.8, 4) is 0 Å². The lowest BCUT2D eigenvalue weighted by Gasteiger charge is -2.18. The summed E-state index contributed by atoms with van der Waals surface area (Å²) in [4.78, 5) is 0.0496. The van der Waals surface area contributed by atoms with Crippen molar-refractivity contribution >= 4 is 27.3 Å². The van der Waals surface area contributed by atoms with Gasteiger partial charge >= 0.3 is 0 Å². The second-order valence-electron chi connectivity index (χ2n) is 5.14. The third-order valence-corrected chi connectivity index (χ3v) is 5.44. The van der Waals surface area contributed by atoms with Gasteiger partial charge in [-0.25, -0.2) is 13.1 Å². The molecule has 0 fully saturated rings. The van der Waals surface area contributed by atoms with Crippen molar-refractivity contribution in [1.82, 2.24) is 4.72 Å². The van der Waals surface area contributed by atoms with Crippen LogP contribution < -0.4 is 10.5 Å². The normalized spacial score (nSPS) is 19.2. The summed E-state index contributed by atoms with van der Waals surface area (Å²) in [6.45, 7) is 2.22. The van der Waals surface area contributed by atoms with Crippen LogP contribution in [0.4, 0.5) is 5.69 Å². The zero-order valence-electron chi connectivity index (χ0n) is 11.4. The van der Waals surface area contributed by atoms with Gasteiger partial charge in [0.1, 0.15) is 4.90 Å². The van der Waals surface area contributed by atoms with E-state index in [1.165, 1.54) is 6.07 Å². The molecular formula is C14H19ClN2O2S. The molecule has 3 N–H and O–H groups in total. The highest BCUT2D eigenvalue weighted by Crippen LogP contribution is 2.27. The van der Waals surface area contributed by atoms with Crippen LogP contribution in [0.1, 0.15) is 24.8 Å². The predicted octanol–water partition coefficient (Wildman–Crippen LogP) is 2.87. The molecule has 0 radical (unpaired) electrons. The Morgan fingerprint density at radius 1 is 1.40 bits per heavy atom. The lowest BCUT2D eigenvalue weighted by molar-refractivity contribution is 0.468. The number of nitrogens with one attached hydrogen (secondary N) is 1. The van der Waals surface area contributed by atoms with Crippen molar-refractivity contribution in [1.29, 1.82) is 0 Å². The fourth-order valence-corrected chi connectivity index (χ4v) is 3.95. The van der Waals surface area contributed by atoms with Crippen LogP contribution in [0.15, 0.2) is 29.2 Å². The number of sulfonamides is 1. The molecule has 110 valence electrons. The van der Waals surface area contributed by atoms with Crippen LogP contribution in [0.25, 0.3) is 0 Å². The van der Waals surface area contributed by atoms with Gasteiger partial charge in [0.15, 0.2) is 0 Å². The summed E-state index contributed by atoms with van der Waals surface area (Å²) in [7, 11) is -3.62. The SMILES string of the molecule is Cc1cc(Cl)c(S(=O)(=O)NCC2CC=CCC2)cc1N. The van der Waals surface area contributed by atoms with Gasteiger partial charge in [-0.05, 0) is 49.8 Å². The van der Waals surface area contributed by atoms with Gasteiger partial charge in [0.25, 0.3) is 0 Å². The minimum absolute atomic E-state index is 0.0496. The zero-order chi connectivity index (χ0) is 14.8. The van der Waals surface area contributed by atoms with E-state index in [-0.39, 0.29) is 9.92 Å². The molecule has 0 heterocycles. The number of halogens is 1. The van der Waals surface area contributed by atoms with Gasteiger partial charge in [0.05, 0.1) is 5.02 Å². The molecule has 1 aromatic rings. The van der Waals surface area contributed by atoms with Crippen LogP contribution >= 0.6 is 11.6 Å². The fraction of sp³-hybridized carbons (Fsp3) is 0.429. The Hall–Kier alpha value is -1.04. The van der Waals surface area contributed by atoms with Crippen LogP contribution in [0.2, 0.25) is 5.02 Å². The molecule has 0 bridgehead atoms. The van der Waals surface area contributed by atoms with E-state index in [9.17, 15) is 8.42 Å². The molecule has 0 aromatic heterocycles. The summed E-state index contributed by atoms with van der Waals surface area (Å²) in [6, 6.07) is 3.00. The first-order chi connectivity index (χ1) is 9.40. The highest BCUT2D eigenvalue weighted by molar-refractivity contribution is 7.89. The van der Waals surface area contributed by atoms with Crippen LogP contribution in [0.5, 0.6) is 0 Å². The predicted molar refractivity (Wildman–Crippen MR) is 82.3 cm³/mol. The van der Waals surface area contributed by atoms with E-state index < -0.39 is 10.0 Å². The molecular weight excluding hydrogens is 296 g/mol. The molecule has 4 nitrogen and oxygen atoms in total. The van der Waals surface area contributed by atoms with Gasteiger partial charge in [-0.3, -0.25) is 0 Å². The Bertz CT molecular complexity index is 626. The van der Waals surface area contributed by atoms with Crippen LogP contribution in [-0.4, -0.2) is 15.0 Å². The second-order valence-corrected chi connectivity index (χ2v) is 7.28. The lowest BCUT2D eigenvalue weighted by atomic mass is 9.95. The molecule has 1 atom stereocenters. The minimum Gasteiger partial charge on any atom is -0.398 e. The molecule has 1 aliphatic carbocycles. The largest absolute Gasteiger partial charge is 0.398 e. The Kier molecular flexibility index (Phi) is 4.73. The van der Waals surface area contributed by atoms with Gasteiger partial charge in [0, 0.05) is 12.2 Å². The molecule has 0 saturated heterocycles. The van der Waals surface area contributed by atoms with E-state index in [4.69, 9.17) is 17.3 Å². The first-order valence-corrected chi connectivity index (χ1v) is 8.46. The Morgan fingerprint density at radius 3 is 2.80 bits per heavy atom. The van der Waals surface area contributed by atoms with Gasteiger partial charge in [-0.2, -0.15) is 0 Å². The zero-order valence-corrected chi connectivity index (χ0v) is 13.0. The van der Waals surface area contributed by atoms with Crippen molar-refractivity contribution in [3.63, 3.8) is 0 Å². The molecule has 1 unspecified atom stereocenters. The molecule has 1 aromatic carbocycles. The molecule has 20 heavy (non-hydrogen) atoms. The second kappa shape index (κ2) is 6.16. The number of benzene rings is 1. The summed E-state index contributed by atoms with van der Waals surface area (Å²) in [5.41, 5.74) is 6.96. The number of anilines is 1. The summed E-state index contributed by atoms with van der Waals surface area (Å²) in [5, 5.41) is 0.202. The van der Waals surface area contributed by atoms with Gasteiger partial charge in [-0.15, -0.1) is 0 Å². The highest BCUT2D eigenvalue weighted by atomic mass is 35.5. The highest BCUT2D eigenvalue weighted by Gasteiger charge is 2.21. The average molecular weight is 315 g/mol. The topological polar surface area (TPSA) is 72.2 Å². The smallest absolute Gasteiger partial charge is 0.242 e. The number of hydrogen-bond donors (Lipinski definition) is 2. The monoisotopic (exact) mass is 314 g/mol. The number of hydrogen-bond acceptors (Lipinski definition) is 3. The van der Waals surface area contributed by atoms with Crippen molar-refractivity contribution in [2.24, 2.45) is 5.92 Å². The van der Waals surface area contributed by atoms with Gasteiger partial charge in [-0.1, -0.05) is 23.8 Å². The maximum absolute atomic E-state index is 12.3. The summed E-state index contributed by atoms with van der Waals surface area (Å²) < 4.78 is 27.2. The van der Waals surface area contributed by atoms with E-state index in [1.54, 1.807) is 13.0 Å². The fourth-order valence-electron chi connectivity index (χ4n) is 2.22. The van der Waals surface area contributed by atoms with E-state index in [2.05, 4.69) is 16.9 Å². The van der Waals surface area contributed by atoms with E-state index in [0.29, 0.717) is 18.2 Å². The molecule has 0 saturated carbocycles. The Morgan fingerprint density at radius 2 is 2.15 bits per heavy atom. The summed E-state index contributed by atoms with van der Waals surface area (Å²) >= 11 is 6.02. The number of aryl methyl sites for hydroxylation is 1. The number of nitrogens with two attached hydrogens (primary N) is 1. The average Bonchev–Trinajstić information content (AvgIpc) is 2.42. The van der Waals surface area contributed by atoms with Gasteiger partial charge in [0.2, 0.25) is 10.0 Å². The van der Waals surface area contributed by atoms with Crippen LogP contribution in [0, 0.1) is 12.8 Å². The van der Waals surface area contributed by atoms with E-state index >= 15 is 0 Å². The first-order valence-electron chi connectivity index (χ1n) is 6.60. The molecule has 1 aliphatic rings. The molecule has 2 rings (SSSR count). The standard InChI is InChI=1S/C14H19ClN2O2S/c1-10-7-12(15)14(8-13(10)16)20(18,19)17-9-11-5-3-2-4-6-11/h2-3,7-8,11,17H,4-6,9,16H2,1H3. The van der Waals surface area contributed by atoms with E-state index in [0.717, 1.165) is 24.8 Å². The van der Waals surface area contributed by atoms with Crippen LogP contribution in [-0.2, 0) is 10.0 Å². The maximum Gasteiger partial charge on any atom is 0.242 e. The van der Waals surface area contributed by atoms with Crippen molar-refractivity contribution in [2.45, 2.75) is 31.1 Å². The van der Waals surface area contributed by atoms with E-state index in [1.807, 2.05) is 0 Å². The van der Waals surface area contributed by atoms with Crippen molar-refractivity contribution in [3.05, 3.63) is 34.9 Å². The molecule has 6 heteroatoms. The number of allylic oxidation sites excluding steroid dienone is 2. The lowest BCUT2D eigenvalue weighted by Crippen LogP contribution is -2.30. The van der Waals surface area contributed by atoms with Crippen LogP contribution in [0.3, 0.4) is 0 Å². The molecule has 0 spiro atoms. The Balaban J connectivity index is 2.14. The number of nitrogen functional groups attached to an aromatic ring is 1. The maximum atomic E-state index is 12.3. The Labute approximate surface area is 125 Å². The molecule has 0 aliphatic heterocycles. The summed E-state index contributed by atoms with van der Waals surface area (Å²) in [6.07, 6.45) is 7.14. The summed E-state index contributed by atoms with van der Waals surface area (Å²) in [5.74, 6) is 0.344. The van der Waals surface area contributed by atoms with Crippen molar-refractivity contribution in [2.75, 3.05) is 12.3 Å². The van der Waals surface area contributed by atoms with Gasteiger partial charge < -0.3 is 5.73 Å². The third-order valence-electron chi connectivity index (χ3n) is 3.55. The molecule has 0 amide bonds. The van der Waals surface area contributed by atoms with Crippen molar-refractivity contribution < 1.29 is 8.42 Å². The first kappa shape index (κ1) is 15.4. The quantitative estimate of drug-likeness (QED) is 0.663.